The molecule has 0 saturated heterocycles. The summed E-state index contributed by atoms with van der Waals surface area (Å²) in [6.45, 7) is 0. The zero-order valence-corrected chi connectivity index (χ0v) is 11.8. The number of carbonyl (C=O) groups excluding carboxylic acids is 1. The first-order valence-electron chi connectivity index (χ1n) is 5.51. The lowest BCUT2D eigenvalue weighted by Crippen LogP contribution is -1.89. The molecule has 0 bridgehead atoms. The average molecular weight is 325 g/mol. The van der Waals surface area contributed by atoms with Crippen molar-refractivity contribution in [1.29, 1.82) is 0 Å². The largest absolute Gasteiger partial charge is 0.456 e. The Morgan fingerprint density at radius 3 is 2.33 bits per heavy atom. The number of non-ortho nitro benzene ring substituents is 1. The van der Waals surface area contributed by atoms with Crippen LogP contribution in [0.4, 0.5) is 11.4 Å². The van der Waals surface area contributed by atoms with Crippen LogP contribution in [0.15, 0.2) is 41.4 Å². The normalized spacial score (nSPS) is 9.81. The Bertz CT molecular complexity index is 741. The minimum absolute atomic E-state index is 0.0536. The number of nitrogens with zero attached hydrogens (tertiary/aromatic N) is 2. The van der Waals surface area contributed by atoms with E-state index in [0.717, 1.165) is 0 Å². The topological polar surface area (TPSA) is 81.8 Å². The van der Waals surface area contributed by atoms with Crippen LogP contribution < -0.4 is 4.74 Å². The molecule has 0 fully saturated rings. The van der Waals surface area contributed by atoms with Crippen molar-refractivity contribution in [3.8, 4) is 11.5 Å². The van der Waals surface area contributed by atoms with Gasteiger partial charge in [-0.05, 0) is 24.3 Å². The van der Waals surface area contributed by atoms with E-state index in [-0.39, 0.29) is 27.2 Å². The molecular weight excluding hydrogens is 319 g/mol. The fourth-order valence-electron chi connectivity index (χ4n) is 1.50. The highest BCUT2D eigenvalue weighted by molar-refractivity contribution is 6.44. The molecule has 0 saturated carbocycles. The van der Waals surface area contributed by atoms with Crippen LogP contribution in [-0.4, -0.2) is 11.0 Å². The van der Waals surface area contributed by atoms with Crippen molar-refractivity contribution in [2.24, 2.45) is 4.99 Å². The second-order valence-corrected chi connectivity index (χ2v) is 4.52. The van der Waals surface area contributed by atoms with Gasteiger partial charge in [-0.25, -0.2) is 4.79 Å². The van der Waals surface area contributed by atoms with E-state index in [1.54, 1.807) is 0 Å². The molecule has 0 amide bonds. The number of aliphatic imine (C=N–C) groups is 1. The van der Waals surface area contributed by atoms with Crippen LogP contribution in [0.1, 0.15) is 0 Å². The van der Waals surface area contributed by atoms with Gasteiger partial charge < -0.3 is 4.74 Å². The van der Waals surface area contributed by atoms with Gasteiger partial charge in [0.15, 0.2) is 0 Å². The van der Waals surface area contributed by atoms with Gasteiger partial charge in [0.25, 0.3) is 5.69 Å². The molecule has 2 aromatic carbocycles. The van der Waals surface area contributed by atoms with Gasteiger partial charge in [0.05, 0.1) is 15.6 Å². The third-order valence-electron chi connectivity index (χ3n) is 2.47. The maximum Gasteiger partial charge on any atom is 0.269 e. The van der Waals surface area contributed by atoms with Gasteiger partial charge >= 0.3 is 0 Å². The number of hydrogen-bond acceptors (Lipinski definition) is 5. The number of hydrogen-bond donors (Lipinski definition) is 0. The van der Waals surface area contributed by atoms with Crippen LogP contribution in [0.3, 0.4) is 0 Å². The molecule has 106 valence electrons. The Hall–Kier alpha value is -2.40. The predicted molar refractivity (Wildman–Crippen MR) is 77.4 cm³/mol. The summed E-state index contributed by atoms with van der Waals surface area (Å²) in [6, 6.07) is 8.39. The number of ether oxygens (including phenoxy) is 1. The first kappa shape index (κ1) is 15.0. The van der Waals surface area contributed by atoms with E-state index >= 15 is 0 Å². The van der Waals surface area contributed by atoms with Gasteiger partial charge in [0.2, 0.25) is 6.08 Å². The molecule has 0 aliphatic carbocycles. The van der Waals surface area contributed by atoms with Crippen LogP contribution in [0.2, 0.25) is 10.0 Å². The van der Waals surface area contributed by atoms with Crippen molar-refractivity contribution in [2.75, 3.05) is 0 Å². The summed E-state index contributed by atoms with van der Waals surface area (Å²) < 4.78 is 5.48. The molecule has 0 unspecified atom stereocenters. The van der Waals surface area contributed by atoms with Crippen molar-refractivity contribution in [2.45, 2.75) is 0 Å². The lowest BCUT2D eigenvalue weighted by Gasteiger charge is -2.09. The van der Waals surface area contributed by atoms with E-state index in [1.165, 1.54) is 42.5 Å². The van der Waals surface area contributed by atoms with E-state index in [4.69, 9.17) is 27.9 Å². The van der Waals surface area contributed by atoms with Crippen molar-refractivity contribution < 1.29 is 14.5 Å². The SMILES string of the molecule is O=C=Nc1ccc(Oc2ccc([N+](=O)[O-])cc2)c(Cl)c1Cl. The number of benzene rings is 2. The Morgan fingerprint density at radius 1 is 1.10 bits per heavy atom. The Labute approximate surface area is 128 Å². The van der Waals surface area contributed by atoms with E-state index in [2.05, 4.69) is 4.99 Å². The van der Waals surface area contributed by atoms with Crippen molar-refractivity contribution in [3.63, 3.8) is 0 Å². The molecule has 6 nitrogen and oxygen atoms in total. The smallest absolute Gasteiger partial charge is 0.269 e. The molecular formula is C13H6Cl2N2O4. The highest BCUT2D eigenvalue weighted by Gasteiger charge is 2.12. The van der Waals surface area contributed by atoms with Crippen LogP contribution >= 0.6 is 23.2 Å². The molecule has 0 aliphatic heterocycles. The van der Waals surface area contributed by atoms with Crippen LogP contribution in [0, 0.1) is 10.1 Å². The number of nitro groups is 1. The number of nitro benzene ring substituents is 1. The molecule has 0 heterocycles. The Kier molecular flexibility index (Phi) is 4.55. The summed E-state index contributed by atoms with van der Waals surface area (Å²) in [7, 11) is 0. The number of isocyanates is 1. The van der Waals surface area contributed by atoms with Crippen molar-refractivity contribution >= 4 is 40.7 Å². The quantitative estimate of drug-likeness (QED) is 0.354. The molecule has 2 rings (SSSR count). The lowest BCUT2D eigenvalue weighted by atomic mass is 10.3. The fourth-order valence-corrected chi connectivity index (χ4v) is 1.90. The maximum atomic E-state index is 10.6. The van der Waals surface area contributed by atoms with E-state index in [1.807, 2.05) is 0 Å². The van der Waals surface area contributed by atoms with Gasteiger partial charge in [-0.15, -0.1) is 0 Å². The van der Waals surface area contributed by atoms with E-state index < -0.39 is 4.92 Å². The van der Waals surface area contributed by atoms with Crippen LogP contribution in [-0.2, 0) is 4.79 Å². The van der Waals surface area contributed by atoms with Crippen molar-refractivity contribution in [1.82, 2.24) is 0 Å². The summed E-state index contributed by atoms with van der Waals surface area (Å²) in [4.78, 5) is 23.7. The lowest BCUT2D eigenvalue weighted by molar-refractivity contribution is -0.384. The first-order chi connectivity index (χ1) is 10.0. The van der Waals surface area contributed by atoms with Gasteiger partial charge in [0.1, 0.15) is 16.5 Å². The second-order valence-electron chi connectivity index (χ2n) is 3.77. The third kappa shape index (κ3) is 3.38. The fraction of sp³-hybridized carbons (Fsp3) is 0. The molecule has 8 heteroatoms. The minimum Gasteiger partial charge on any atom is -0.456 e. The van der Waals surface area contributed by atoms with Gasteiger partial charge in [-0.3, -0.25) is 10.1 Å². The molecule has 0 N–H and O–H groups in total. The highest BCUT2D eigenvalue weighted by atomic mass is 35.5. The van der Waals surface area contributed by atoms with Crippen LogP contribution in [0.5, 0.6) is 11.5 Å². The second kappa shape index (κ2) is 6.37. The highest BCUT2D eigenvalue weighted by Crippen LogP contribution is 2.40. The molecule has 0 radical (unpaired) electrons. The molecule has 2 aromatic rings. The standard InChI is InChI=1S/C13H6Cl2N2O4/c14-12-10(16-7-18)5-6-11(13(12)15)21-9-3-1-8(2-4-9)17(19)20/h1-6H. The molecule has 0 aromatic heterocycles. The zero-order valence-electron chi connectivity index (χ0n) is 10.2. The van der Waals surface area contributed by atoms with Crippen LogP contribution in [0.25, 0.3) is 0 Å². The average Bonchev–Trinajstić information content (AvgIpc) is 2.47. The summed E-state index contributed by atoms with van der Waals surface area (Å²) in [5, 5.41) is 10.7. The molecule has 0 aliphatic rings. The van der Waals surface area contributed by atoms with Gasteiger partial charge in [0, 0.05) is 12.1 Å². The van der Waals surface area contributed by atoms with Gasteiger partial charge in [-0.1, -0.05) is 23.2 Å². The Balaban J connectivity index is 2.29. The maximum absolute atomic E-state index is 10.6. The van der Waals surface area contributed by atoms with Gasteiger partial charge in [-0.2, -0.15) is 4.99 Å². The summed E-state index contributed by atoms with van der Waals surface area (Å²) in [5.74, 6) is 0.588. The third-order valence-corrected chi connectivity index (χ3v) is 3.32. The zero-order chi connectivity index (χ0) is 15.4. The van der Waals surface area contributed by atoms with E-state index in [9.17, 15) is 14.9 Å². The number of rotatable bonds is 4. The Morgan fingerprint density at radius 2 is 1.76 bits per heavy atom. The molecule has 0 atom stereocenters. The first-order valence-corrected chi connectivity index (χ1v) is 6.26. The van der Waals surface area contributed by atoms with Crippen molar-refractivity contribution in [3.05, 3.63) is 56.6 Å². The molecule has 21 heavy (non-hydrogen) atoms. The van der Waals surface area contributed by atoms with E-state index in [0.29, 0.717) is 5.75 Å². The summed E-state index contributed by atoms with van der Waals surface area (Å²) >= 11 is 11.9. The number of halogens is 2. The summed E-state index contributed by atoms with van der Waals surface area (Å²) in [6.07, 6.45) is 1.37. The summed E-state index contributed by atoms with van der Waals surface area (Å²) in [5.41, 5.74) is 0.120. The monoisotopic (exact) mass is 324 g/mol. The minimum atomic E-state index is -0.514. The predicted octanol–water partition coefficient (Wildman–Crippen LogP) is 4.66. The molecule has 0 spiro atoms.